The van der Waals surface area contributed by atoms with Crippen LogP contribution in [0, 0.1) is 23.0 Å². The number of ether oxygens (including phenoxy) is 2. The molecule has 5 aromatic carbocycles. The second-order valence-electron chi connectivity index (χ2n) is 15.2. The molecule has 0 saturated carbocycles. The molecule has 13 nitrogen and oxygen atoms in total. The number of aliphatic hydroxyl groups excluding tert-OH is 1. The van der Waals surface area contributed by atoms with Crippen molar-refractivity contribution in [2.75, 3.05) is 42.9 Å². The Morgan fingerprint density at radius 3 is 2.20 bits per heavy atom. The second kappa shape index (κ2) is 18.6. The molecule has 2 aliphatic heterocycles. The van der Waals surface area contributed by atoms with Crippen LogP contribution in [0.25, 0.3) is 0 Å². The molecule has 2 saturated heterocycles. The first-order valence-corrected chi connectivity index (χ1v) is 21.2. The number of anilines is 2. The minimum absolute atomic E-state index is 0.0536. The van der Waals surface area contributed by atoms with E-state index >= 15 is 0 Å². The minimum atomic E-state index is -4.04. The van der Waals surface area contributed by atoms with Gasteiger partial charge in [0.25, 0.3) is 5.69 Å². The molecular formula is C45H49N5O8S. The number of hydrogen-bond acceptors (Lipinski definition) is 10. The normalized spacial score (nSPS) is 20.5. The number of amides is 1. The summed E-state index contributed by atoms with van der Waals surface area (Å²) in [6, 6.07) is 36.2. The van der Waals surface area contributed by atoms with Crippen molar-refractivity contribution in [3.05, 3.63) is 165 Å². The third-order valence-electron chi connectivity index (χ3n) is 11.0. The van der Waals surface area contributed by atoms with E-state index < -0.39 is 33.2 Å². The molecule has 5 atom stereocenters. The highest BCUT2D eigenvalue weighted by atomic mass is 32.2. The van der Waals surface area contributed by atoms with Crippen molar-refractivity contribution in [3.8, 4) is 0 Å². The van der Waals surface area contributed by atoms with Crippen LogP contribution < -0.4 is 14.9 Å². The number of aliphatic hydroxyl groups is 1. The summed E-state index contributed by atoms with van der Waals surface area (Å²) < 4.78 is 43.1. The summed E-state index contributed by atoms with van der Waals surface area (Å²) in [5.41, 5.74) is 5.60. The lowest BCUT2D eigenvalue weighted by Crippen LogP contribution is -2.51. The number of nitrogens with zero attached hydrogens (tertiary/aromatic N) is 3. The summed E-state index contributed by atoms with van der Waals surface area (Å²) in [4.78, 5) is 29.4. The van der Waals surface area contributed by atoms with Crippen LogP contribution in [0.2, 0.25) is 0 Å². The number of nitro benzene ring substituents is 1. The van der Waals surface area contributed by atoms with Gasteiger partial charge in [0.1, 0.15) is 6.04 Å². The van der Waals surface area contributed by atoms with Gasteiger partial charge in [-0.05, 0) is 66.4 Å². The lowest BCUT2D eigenvalue weighted by Gasteiger charge is -2.44. The van der Waals surface area contributed by atoms with Crippen molar-refractivity contribution < 1.29 is 32.7 Å². The number of non-ortho nitro benzene ring substituents is 1. The molecule has 59 heavy (non-hydrogen) atoms. The zero-order valence-corrected chi connectivity index (χ0v) is 33.8. The Morgan fingerprint density at radius 1 is 0.847 bits per heavy atom. The van der Waals surface area contributed by atoms with E-state index in [4.69, 9.17) is 9.47 Å². The van der Waals surface area contributed by atoms with Gasteiger partial charge in [-0.3, -0.25) is 19.8 Å². The van der Waals surface area contributed by atoms with Gasteiger partial charge in [0.2, 0.25) is 15.9 Å². The van der Waals surface area contributed by atoms with E-state index in [1.165, 1.54) is 24.3 Å². The Kier molecular flexibility index (Phi) is 13.2. The topological polar surface area (TPSA) is 164 Å². The van der Waals surface area contributed by atoms with Gasteiger partial charge in [-0.2, -0.15) is 4.72 Å². The van der Waals surface area contributed by atoms with Gasteiger partial charge in [-0.1, -0.05) is 91.3 Å². The summed E-state index contributed by atoms with van der Waals surface area (Å²) in [5, 5.41) is 23.8. The standard InChI is InChI=1S/C45H49N5O8S/c1-31-11-21-40(22-12-31)59(55,56)47-41(27-33-7-4-3-5-8-33)44(52)46-37-10-6-9-36(28-37)45-57-42(32(2)43(58-45)35-15-13-34(30-51)14-16-35)29-48-23-25-49(26-24-48)38-17-19-39(20-18-38)50(53)54/h3-22,28,32,41-43,45,47,51H,23-27,29-30H2,1-2H3,(H,46,52)/t32-,41-,42+,43+,45+/m1/s1. The highest BCUT2D eigenvalue weighted by Gasteiger charge is 2.40. The number of aryl methyl sites for hydroxylation is 1. The lowest BCUT2D eigenvalue weighted by molar-refractivity contribution is -0.384. The van der Waals surface area contributed by atoms with E-state index in [1.807, 2.05) is 67.6 Å². The Hall–Kier alpha value is -5.48. The van der Waals surface area contributed by atoms with Gasteiger partial charge in [0.05, 0.1) is 28.6 Å². The Balaban J connectivity index is 1.09. The van der Waals surface area contributed by atoms with Crippen molar-refractivity contribution in [2.45, 2.75) is 56.3 Å². The number of nitrogens with one attached hydrogen (secondary N) is 2. The van der Waals surface area contributed by atoms with E-state index in [0.29, 0.717) is 17.8 Å². The van der Waals surface area contributed by atoms with Gasteiger partial charge < -0.3 is 24.8 Å². The number of sulfonamides is 1. The van der Waals surface area contributed by atoms with Gasteiger partial charge in [0, 0.05) is 67.7 Å². The molecule has 0 spiro atoms. The molecule has 5 aromatic rings. The van der Waals surface area contributed by atoms with E-state index in [2.05, 4.69) is 26.8 Å². The Labute approximate surface area is 344 Å². The predicted molar refractivity (Wildman–Crippen MR) is 225 cm³/mol. The van der Waals surface area contributed by atoms with Crippen LogP contribution in [-0.2, 0) is 37.3 Å². The highest BCUT2D eigenvalue weighted by molar-refractivity contribution is 7.89. The second-order valence-corrected chi connectivity index (χ2v) is 16.9. The number of benzene rings is 5. The fraction of sp³-hybridized carbons (Fsp3) is 0.311. The molecule has 0 unspecified atom stereocenters. The van der Waals surface area contributed by atoms with Crippen LogP contribution in [0.1, 0.15) is 47.1 Å². The maximum absolute atomic E-state index is 14.0. The Morgan fingerprint density at radius 2 is 1.54 bits per heavy atom. The molecule has 0 radical (unpaired) electrons. The molecular weight excluding hydrogens is 771 g/mol. The monoisotopic (exact) mass is 819 g/mol. The first-order chi connectivity index (χ1) is 28.4. The molecule has 14 heteroatoms. The Bertz CT molecular complexity index is 2300. The van der Waals surface area contributed by atoms with Crippen LogP contribution in [0.5, 0.6) is 0 Å². The average Bonchev–Trinajstić information content (AvgIpc) is 3.25. The van der Waals surface area contributed by atoms with Crippen molar-refractivity contribution in [1.82, 2.24) is 9.62 Å². The van der Waals surface area contributed by atoms with Gasteiger partial charge in [-0.25, -0.2) is 8.42 Å². The van der Waals surface area contributed by atoms with Crippen molar-refractivity contribution in [2.24, 2.45) is 5.92 Å². The largest absolute Gasteiger partial charge is 0.392 e. The number of carbonyl (C=O) groups is 1. The highest BCUT2D eigenvalue weighted by Crippen LogP contribution is 2.42. The summed E-state index contributed by atoms with van der Waals surface area (Å²) >= 11 is 0. The van der Waals surface area contributed by atoms with Crippen molar-refractivity contribution >= 4 is 33.0 Å². The van der Waals surface area contributed by atoms with E-state index in [-0.39, 0.29) is 41.7 Å². The number of piperazine rings is 1. The minimum Gasteiger partial charge on any atom is -0.392 e. The van der Waals surface area contributed by atoms with E-state index in [0.717, 1.165) is 54.1 Å². The van der Waals surface area contributed by atoms with Gasteiger partial charge in [-0.15, -0.1) is 0 Å². The third kappa shape index (κ3) is 10.4. The van der Waals surface area contributed by atoms with E-state index in [9.17, 15) is 28.4 Å². The number of hydrogen-bond donors (Lipinski definition) is 3. The SMILES string of the molecule is Cc1ccc(S(=O)(=O)N[C@H](Cc2ccccc2)C(=O)Nc2cccc([C@H]3O[C@@H](CN4CCN(c5ccc([N+](=O)[O-])cc5)CC4)[C@@H](C)[C@@H](c4ccc(CO)cc4)O3)c2)cc1. The van der Waals surface area contributed by atoms with Crippen LogP contribution in [0.15, 0.2) is 132 Å². The third-order valence-corrected chi connectivity index (χ3v) is 12.5. The molecule has 308 valence electrons. The van der Waals surface area contributed by atoms with Crippen molar-refractivity contribution in [1.29, 1.82) is 0 Å². The molecule has 1 amide bonds. The smallest absolute Gasteiger partial charge is 0.269 e. The van der Waals surface area contributed by atoms with E-state index in [1.54, 1.807) is 42.5 Å². The maximum atomic E-state index is 14.0. The quantitative estimate of drug-likeness (QED) is 0.0829. The first-order valence-electron chi connectivity index (χ1n) is 19.7. The molecule has 0 aromatic heterocycles. The van der Waals surface area contributed by atoms with Crippen LogP contribution in [0.3, 0.4) is 0 Å². The van der Waals surface area contributed by atoms with Crippen LogP contribution in [0.4, 0.5) is 17.1 Å². The van der Waals surface area contributed by atoms with Crippen LogP contribution in [-0.4, -0.2) is 74.1 Å². The molecule has 7 rings (SSSR count). The fourth-order valence-electron chi connectivity index (χ4n) is 7.56. The van der Waals surface area contributed by atoms with Crippen molar-refractivity contribution in [3.63, 3.8) is 0 Å². The number of carbonyl (C=O) groups excluding carboxylic acids is 1. The summed E-state index contributed by atoms with van der Waals surface area (Å²) in [7, 11) is -4.04. The molecule has 2 fully saturated rings. The first kappa shape index (κ1) is 41.7. The van der Waals surface area contributed by atoms with Crippen LogP contribution >= 0.6 is 0 Å². The van der Waals surface area contributed by atoms with Gasteiger partial charge >= 0.3 is 0 Å². The summed E-state index contributed by atoms with van der Waals surface area (Å²) in [6.07, 6.45) is -1.26. The molecule has 2 heterocycles. The summed E-state index contributed by atoms with van der Waals surface area (Å²) in [5.74, 6) is -0.574. The molecule has 0 bridgehead atoms. The average molecular weight is 820 g/mol. The zero-order valence-electron chi connectivity index (χ0n) is 33.0. The lowest BCUT2D eigenvalue weighted by atomic mass is 9.90. The number of rotatable bonds is 14. The zero-order chi connectivity index (χ0) is 41.5. The fourth-order valence-corrected chi connectivity index (χ4v) is 8.75. The molecule has 3 N–H and O–H groups in total. The summed E-state index contributed by atoms with van der Waals surface area (Å²) in [6.45, 7) is 7.59. The molecule has 0 aliphatic carbocycles. The maximum Gasteiger partial charge on any atom is 0.269 e. The number of nitro groups is 1. The van der Waals surface area contributed by atoms with Gasteiger partial charge in [0.15, 0.2) is 6.29 Å². The molecule has 2 aliphatic rings. The predicted octanol–water partition coefficient (Wildman–Crippen LogP) is 6.54.